The van der Waals surface area contributed by atoms with Gasteiger partial charge in [-0.3, -0.25) is 0 Å². The van der Waals surface area contributed by atoms with Gasteiger partial charge in [0.05, 0.1) is 0 Å². The normalized spacial score (nSPS) is 7.50. The Morgan fingerprint density at radius 2 is 2.12 bits per heavy atom. The first-order valence-electron chi connectivity index (χ1n) is 1.99. The van der Waals surface area contributed by atoms with E-state index < -0.39 is 0 Å². The molecule has 0 aliphatic heterocycles. The Balaban J connectivity index is 0.000000490. The summed E-state index contributed by atoms with van der Waals surface area (Å²) in [6.07, 6.45) is 1.54. The minimum Gasteiger partial charge on any atom is -0.493 e. The van der Waals surface area contributed by atoms with Gasteiger partial charge in [0.15, 0.2) is 0 Å². The average molecular weight is 143 g/mol. The second-order valence-electron chi connectivity index (χ2n) is 1.19. The number of pyridine rings is 1. The third-order valence-electron chi connectivity index (χ3n) is 0.649. The van der Waals surface area contributed by atoms with Crippen LogP contribution >= 0.6 is 0 Å². The van der Waals surface area contributed by atoms with Crippen molar-refractivity contribution in [1.82, 2.24) is 4.98 Å². The molecule has 0 amide bonds. The van der Waals surface area contributed by atoms with Crippen molar-refractivity contribution in [2.75, 3.05) is 0 Å². The van der Waals surface area contributed by atoms with Crippen LogP contribution in [0.25, 0.3) is 0 Å². The molecule has 8 heavy (non-hydrogen) atoms. The van der Waals surface area contributed by atoms with Gasteiger partial charge >= 0.3 is 0 Å². The molecular weight excluding hydrogens is 138 g/mol. The fraction of sp³-hybridized carbons (Fsp3) is 0. The predicted octanol–water partition coefficient (Wildman–Crippen LogP) is 0.785. The van der Waals surface area contributed by atoms with Crippen LogP contribution in [0.5, 0.6) is 5.88 Å². The molecule has 2 nitrogen and oxygen atoms in total. The zero-order valence-electron chi connectivity index (χ0n) is 4.20. The molecule has 0 fully saturated rings. The minimum atomic E-state index is 0. The molecule has 0 saturated carbocycles. The van der Waals surface area contributed by atoms with E-state index in [0.717, 1.165) is 0 Å². The van der Waals surface area contributed by atoms with Crippen molar-refractivity contribution in [1.29, 1.82) is 0 Å². The Morgan fingerprint density at radius 3 is 2.38 bits per heavy atom. The van der Waals surface area contributed by atoms with E-state index in [2.05, 4.69) is 4.98 Å². The van der Waals surface area contributed by atoms with Crippen molar-refractivity contribution in [2.45, 2.75) is 0 Å². The number of aromatic nitrogens is 1. The van der Waals surface area contributed by atoms with Crippen LogP contribution < -0.4 is 0 Å². The van der Waals surface area contributed by atoms with E-state index in [4.69, 9.17) is 5.11 Å². The minimum absolute atomic E-state index is 0. The summed E-state index contributed by atoms with van der Waals surface area (Å²) in [7, 11) is 0. The SMILES string of the molecule is Oc1ccccn1.[Ti]. The quantitative estimate of drug-likeness (QED) is 0.544. The molecule has 0 aliphatic rings. The van der Waals surface area contributed by atoms with Crippen LogP contribution in [-0.4, -0.2) is 10.1 Å². The number of nitrogens with zero attached hydrogens (tertiary/aromatic N) is 1. The van der Waals surface area contributed by atoms with Crippen molar-refractivity contribution in [3.8, 4) is 5.88 Å². The third-order valence-corrected chi connectivity index (χ3v) is 0.649. The molecule has 0 aromatic carbocycles. The van der Waals surface area contributed by atoms with Gasteiger partial charge in [-0.2, -0.15) is 0 Å². The molecule has 1 N–H and O–H groups in total. The van der Waals surface area contributed by atoms with E-state index in [1.807, 2.05) is 0 Å². The molecule has 0 atom stereocenters. The van der Waals surface area contributed by atoms with Gasteiger partial charge in [0.25, 0.3) is 0 Å². The van der Waals surface area contributed by atoms with Crippen molar-refractivity contribution in [3.63, 3.8) is 0 Å². The Labute approximate surface area is 62.5 Å². The maximum absolute atomic E-state index is 8.52. The summed E-state index contributed by atoms with van der Waals surface area (Å²) in [5, 5.41) is 8.52. The number of rotatable bonds is 0. The first-order valence-corrected chi connectivity index (χ1v) is 1.99. The van der Waals surface area contributed by atoms with Crippen LogP contribution in [0.15, 0.2) is 24.4 Å². The zero-order valence-corrected chi connectivity index (χ0v) is 5.77. The van der Waals surface area contributed by atoms with Crippen molar-refractivity contribution >= 4 is 0 Å². The molecule has 0 radical (unpaired) electrons. The molecular formula is C5H5NOTi. The second kappa shape index (κ2) is 3.64. The first-order chi connectivity index (χ1) is 3.39. The number of hydrogen-bond donors (Lipinski definition) is 1. The molecule has 0 aliphatic carbocycles. The van der Waals surface area contributed by atoms with Crippen LogP contribution in [0.3, 0.4) is 0 Å². The van der Waals surface area contributed by atoms with Crippen molar-refractivity contribution < 1.29 is 26.8 Å². The second-order valence-corrected chi connectivity index (χ2v) is 1.19. The summed E-state index contributed by atoms with van der Waals surface area (Å²) < 4.78 is 0. The van der Waals surface area contributed by atoms with Crippen LogP contribution in [0.2, 0.25) is 0 Å². The largest absolute Gasteiger partial charge is 0.493 e. The Bertz CT molecular complexity index is 142. The molecule has 0 saturated heterocycles. The molecule has 0 unspecified atom stereocenters. The summed E-state index contributed by atoms with van der Waals surface area (Å²) in [6.45, 7) is 0. The van der Waals surface area contributed by atoms with Gasteiger partial charge < -0.3 is 5.11 Å². The van der Waals surface area contributed by atoms with Gasteiger partial charge in [-0.25, -0.2) is 4.98 Å². The molecule has 1 rings (SSSR count). The third kappa shape index (κ3) is 2.10. The van der Waals surface area contributed by atoms with E-state index in [9.17, 15) is 0 Å². The maximum atomic E-state index is 8.52. The fourth-order valence-electron chi connectivity index (χ4n) is 0.354. The molecule has 1 aromatic heterocycles. The van der Waals surface area contributed by atoms with Crippen molar-refractivity contribution in [3.05, 3.63) is 24.4 Å². The van der Waals surface area contributed by atoms with Gasteiger partial charge in [-0.05, 0) is 6.07 Å². The van der Waals surface area contributed by atoms with E-state index in [-0.39, 0.29) is 27.6 Å². The summed E-state index contributed by atoms with van der Waals surface area (Å²) in [5.41, 5.74) is 0. The van der Waals surface area contributed by atoms with Gasteiger partial charge in [-0.1, -0.05) is 6.07 Å². The average Bonchev–Trinajstić information content (AvgIpc) is 1.69. The summed E-state index contributed by atoms with van der Waals surface area (Å²) in [6, 6.07) is 5.00. The number of aromatic hydroxyl groups is 1. The number of hydrogen-bond acceptors (Lipinski definition) is 2. The summed E-state index contributed by atoms with van der Waals surface area (Å²) in [4.78, 5) is 3.53. The van der Waals surface area contributed by atoms with Crippen LogP contribution in [0.4, 0.5) is 0 Å². The summed E-state index contributed by atoms with van der Waals surface area (Å²) in [5.74, 6) is 0.0718. The molecule has 40 valence electrons. The molecule has 3 heteroatoms. The van der Waals surface area contributed by atoms with Gasteiger partial charge in [0.1, 0.15) is 0 Å². The van der Waals surface area contributed by atoms with E-state index in [0.29, 0.717) is 0 Å². The van der Waals surface area contributed by atoms with E-state index >= 15 is 0 Å². The zero-order chi connectivity index (χ0) is 5.11. The van der Waals surface area contributed by atoms with E-state index in [1.165, 1.54) is 12.3 Å². The maximum Gasteiger partial charge on any atom is 0.210 e. The van der Waals surface area contributed by atoms with Crippen molar-refractivity contribution in [2.24, 2.45) is 0 Å². The van der Waals surface area contributed by atoms with Crippen LogP contribution in [0.1, 0.15) is 0 Å². The Morgan fingerprint density at radius 1 is 1.38 bits per heavy atom. The fourth-order valence-corrected chi connectivity index (χ4v) is 0.354. The standard InChI is InChI=1S/C5H5NO.Ti/c7-5-3-1-2-4-6-5;/h1-4H,(H,6,7);. The smallest absolute Gasteiger partial charge is 0.210 e. The van der Waals surface area contributed by atoms with Gasteiger partial charge in [-0.15, -0.1) is 0 Å². The van der Waals surface area contributed by atoms with Gasteiger partial charge in [0, 0.05) is 34.0 Å². The Hall–Kier alpha value is -0.336. The molecule has 1 heterocycles. The monoisotopic (exact) mass is 143 g/mol. The summed E-state index contributed by atoms with van der Waals surface area (Å²) >= 11 is 0. The van der Waals surface area contributed by atoms with Gasteiger partial charge in [0.2, 0.25) is 5.88 Å². The van der Waals surface area contributed by atoms with Crippen LogP contribution in [-0.2, 0) is 21.7 Å². The van der Waals surface area contributed by atoms with Crippen LogP contribution in [0, 0.1) is 0 Å². The molecule has 0 spiro atoms. The first kappa shape index (κ1) is 7.66. The topological polar surface area (TPSA) is 33.1 Å². The van der Waals surface area contributed by atoms with E-state index in [1.54, 1.807) is 12.1 Å². The Kier molecular flexibility index (Phi) is 3.49. The predicted molar refractivity (Wildman–Crippen MR) is 25.9 cm³/mol. The molecule has 1 aromatic rings. The molecule has 0 bridgehead atoms.